The highest BCUT2D eigenvalue weighted by molar-refractivity contribution is 5.79. The van der Waals surface area contributed by atoms with Gasteiger partial charge in [0.25, 0.3) is 0 Å². The molecule has 5 fully saturated rings. The summed E-state index contributed by atoms with van der Waals surface area (Å²) < 4.78 is 0. The molecule has 0 aromatic heterocycles. The first kappa shape index (κ1) is 15.5. The Balaban J connectivity index is 1.32. The van der Waals surface area contributed by atoms with Crippen molar-refractivity contribution in [2.24, 2.45) is 23.5 Å². The van der Waals surface area contributed by atoms with Crippen molar-refractivity contribution in [2.75, 3.05) is 13.6 Å². The number of likely N-dealkylation sites (N-methyl/N-ethyl adjacent to an activating group) is 1. The van der Waals surface area contributed by atoms with Gasteiger partial charge in [0.2, 0.25) is 0 Å². The minimum Gasteiger partial charge on any atom is -0.325 e. The number of carbonyl (C=O) groups is 1. The van der Waals surface area contributed by atoms with Crippen LogP contribution in [-0.2, 0) is 12.8 Å². The molecule has 1 aliphatic heterocycles. The summed E-state index contributed by atoms with van der Waals surface area (Å²) in [6.45, 7) is 0.900. The van der Waals surface area contributed by atoms with E-state index in [9.17, 15) is 4.79 Å². The number of benzene rings is 1. The van der Waals surface area contributed by atoms with E-state index in [2.05, 4.69) is 34.1 Å². The molecule has 1 aromatic rings. The molecule has 26 heavy (non-hydrogen) atoms. The van der Waals surface area contributed by atoms with Gasteiger partial charge in [0.15, 0.2) is 0 Å². The van der Waals surface area contributed by atoms with Crippen molar-refractivity contribution in [3.05, 3.63) is 35.4 Å². The number of carbonyl (C=O) groups excluding carboxylic acids is 1. The molecule has 1 aromatic carbocycles. The topological polar surface area (TPSA) is 49.6 Å². The quantitative estimate of drug-likeness (QED) is 0.846. The van der Waals surface area contributed by atoms with Gasteiger partial charge in [0.1, 0.15) is 0 Å². The zero-order chi connectivity index (χ0) is 17.7. The summed E-state index contributed by atoms with van der Waals surface area (Å²) in [5.41, 5.74) is 9.60. The molecule has 1 spiro atoms. The molecule has 0 radical (unpaired) electrons. The Hall–Kier alpha value is -1.55. The molecule has 6 aliphatic rings. The SMILES string of the molecule is CN1C(=O)N(C2C3CC4CC2CC(N)(C4)C3)CC12Cc1ccccc1C2. The van der Waals surface area contributed by atoms with Crippen molar-refractivity contribution in [2.45, 2.75) is 62.1 Å². The Bertz CT molecular complexity index is 748. The van der Waals surface area contributed by atoms with Gasteiger partial charge >= 0.3 is 6.03 Å². The van der Waals surface area contributed by atoms with E-state index in [-0.39, 0.29) is 17.1 Å². The maximum absolute atomic E-state index is 13.3. The number of hydrogen-bond donors (Lipinski definition) is 1. The number of fused-ring (bicyclic) bond motifs is 1. The average Bonchev–Trinajstić information content (AvgIpc) is 3.06. The third-order valence-electron chi connectivity index (χ3n) is 8.50. The second-order valence-corrected chi connectivity index (χ2v) is 10.1. The van der Waals surface area contributed by atoms with Gasteiger partial charge in [-0.25, -0.2) is 4.79 Å². The van der Waals surface area contributed by atoms with Crippen molar-refractivity contribution in [1.29, 1.82) is 0 Å². The van der Waals surface area contributed by atoms with Crippen LogP contribution in [0.25, 0.3) is 0 Å². The Morgan fingerprint density at radius 1 is 1.04 bits per heavy atom. The number of urea groups is 1. The van der Waals surface area contributed by atoms with Gasteiger partial charge in [-0.05, 0) is 73.8 Å². The molecule has 4 nitrogen and oxygen atoms in total. The first-order valence-electron chi connectivity index (χ1n) is 10.4. The van der Waals surface area contributed by atoms with Gasteiger partial charge in [0, 0.05) is 25.2 Å². The highest BCUT2D eigenvalue weighted by Crippen LogP contribution is 2.57. The number of hydrogen-bond acceptors (Lipinski definition) is 2. The summed E-state index contributed by atoms with van der Waals surface area (Å²) in [6.07, 6.45) is 8.08. The summed E-state index contributed by atoms with van der Waals surface area (Å²) >= 11 is 0. The molecular weight excluding hydrogens is 322 g/mol. The van der Waals surface area contributed by atoms with Gasteiger partial charge in [-0.1, -0.05) is 24.3 Å². The van der Waals surface area contributed by atoms with E-state index in [4.69, 9.17) is 5.73 Å². The van der Waals surface area contributed by atoms with Crippen LogP contribution in [-0.4, -0.2) is 46.5 Å². The first-order chi connectivity index (χ1) is 12.5. The fraction of sp³-hybridized carbons (Fsp3) is 0.682. The zero-order valence-electron chi connectivity index (χ0n) is 15.7. The minimum absolute atomic E-state index is 0.0319. The molecule has 138 valence electrons. The average molecular weight is 351 g/mol. The Labute approximate surface area is 155 Å². The standard InChI is InChI=1S/C22H29N3O/c1-24-20(26)25(13-22(24)11-15-4-2-3-5-16(15)12-22)19-17-6-14-7-18(19)10-21(23,8-14)9-17/h2-5,14,17-19H,6-13,23H2,1H3. The van der Waals surface area contributed by atoms with Crippen LogP contribution in [0.15, 0.2) is 24.3 Å². The van der Waals surface area contributed by atoms with E-state index in [1.165, 1.54) is 30.4 Å². The van der Waals surface area contributed by atoms with Crippen LogP contribution in [0.4, 0.5) is 4.79 Å². The Morgan fingerprint density at radius 2 is 1.65 bits per heavy atom. The van der Waals surface area contributed by atoms with E-state index >= 15 is 0 Å². The van der Waals surface area contributed by atoms with Gasteiger partial charge in [-0.15, -0.1) is 0 Å². The van der Waals surface area contributed by atoms with E-state index in [1.54, 1.807) is 0 Å². The van der Waals surface area contributed by atoms with Crippen molar-refractivity contribution in [3.8, 4) is 0 Å². The van der Waals surface area contributed by atoms with Crippen molar-refractivity contribution in [1.82, 2.24) is 9.80 Å². The van der Waals surface area contributed by atoms with Crippen LogP contribution < -0.4 is 5.73 Å². The highest BCUT2D eigenvalue weighted by atomic mass is 16.2. The maximum atomic E-state index is 13.3. The van der Waals surface area contributed by atoms with Gasteiger partial charge in [0.05, 0.1) is 5.54 Å². The van der Waals surface area contributed by atoms with Crippen molar-refractivity contribution in [3.63, 3.8) is 0 Å². The molecule has 4 saturated carbocycles. The molecule has 1 heterocycles. The van der Waals surface area contributed by atoms with Crippen molar-refractivity contribution >= 4 is 6.03 Å². The fourth-order valence-electron chi connectivity index (χ4n) is 7.71. The second-order valence-electron chi connectivity index (χ2n) is 10.1. The molecule has 2 atom stereocenters. The molecule has 2 N–H and O–H groups in total. The lowest BCUT2D eigenvalue weighted by molar-refractivity contribution is -0.0610. The van der Waals surface area contributed by atoms with Crippen LogP contribution in [0.2, 0.25) is 0 Å². The second kappa shape index (κ2) is 4.83. The minimum atomic E-state index is -0.0319. The van der Waals surface area contributed by atoms with Gasteiger partial charge in [-0.2, -0.15) is 0 Å². The number of rotatable bonds is 1. The van der Waals surface area contributed by atoms with E-state index in [0.717, 1.165) is 38.1 Å². The Morgan fingerprint density at radius 3 is 2.23 bits per heavy atom. The van der Waals surface area contributed by atoms with Crippen LogP contribution in [0, 0.1) is 17.8 Å². The maximum Gasteiger partial charge on any atom is 0.320 e. The monoisotopic (exact) mass is 351 g/mol. The third-order valence-corrected chi connectivity index (χ3v) is 8.50. The lowest BCUT2D eigenvalue weighted by atomic mass is 9.51. The van der Waals surface area contributed by atoms with Crippen LogP contribution >= 0.6 is 0 Å². The molecule has 4 heteroatoms. The molecule has 2 unspecified atom stereocenters. The Kier molecular flexibility index (Phi) is 2.88. The highest BCUT2D eigenvalue weighted by Gasteiger charge is 2.60. The van der Waals surface area contributed by atoms with E-state index in [0.29, 0.717) is 17.9 Å². The predicted molar refractivity (Wildman–Crippen MR) is 101 cm³/mol. The fourth-order valence-corrected chi connectivity index (χ4v) is 7.71. The van der Waals surface area contributed by atoms with Crippen LogP contribution in [0.5, 0.6) is 0 Å². The van der Waals surface area contributed by atoms with Crippen LogP contribution in [0.3, 0.4) is 0 Å². The van der Waals surface area contributed by atoms with Gasteiger partial charge < -0.3 is 15.5 Å². The molecule has 1 saturated heterocycles. The summed E-state index contributed by atoms with van der Waals surface area (Å²) in [5.74, 6) is 2.07. The zero-order valence-corrected chi connectivity index (χ0v) is 15.7. The summed E-state index contributed by atoms with van der Waals surface area (Å²) in [4.78, 5) is 17.7. The molecule has 4 bridgehead atoms. The third kappa shape index (κ3) is 1.91. The van der Waals surface area contributed by atoms with Crippen molar-refractivity contribution < 1.29 is 4.79 Å². The van der Waals surface area contributed by atoms with E-state index < -0.39 is 0 Å². The first-order valence-corrected chi connectivity index (χ1v) is 10.4. The predicted octanol–water partition coefficient (Wildman–Crippen LogP) is 2.80. The van der Waals surface area contributed by atoms with E-state index in [1.807, 2.05) is 7.05 Å². The summed E-state index contributed by atoms with van der Waals surface area (Å²) in [5, 5.41) is 0. The summed E-state index contributed by atoms with van der Waals surface area (Å²) in [7, 11) is 2.04. The van der Waals surface area contributed by atoms with Crippen LogP contribution in [0.1, 0.15) is 43.2 Å². The number of nitrogens with zero attached hydrogens (tertiary/aromatic N) is 2. The molecule has 7 rings (SSSR count). The summed E-state index contributed by atoms with van der Waals surface area (Å²) in [6, 6.07) is 9.44. The molecule has 2 amide bonds. The largest absolute Gasteiger partial charge is 0.325 e. The lowest BCUT2D eigenvalue weighted by Gasteiger charge is -2.60. The smallest absolute Gasteiger partial charge is 0.320 e. The lowest BCUT2D eigenvalue weighted by Crippen LogP contribution is -2.65. The molecular formula is C22H29N3O. The number of nitrogens with two attached hydrogens (primary N) is 1. The molecule has 5 aliphatic carbocycles. The van der Waals surface area contributed by atoms with Gasteiger partial charge in [-0.3, -0.25) is 0 Å². The number of amides is 2. The normalized spacial score (nSPS) is 42.2.